The highest BCUT2D eigenvalue weighted by Crippen LogP contribution is 2.23. The summed E-state index contributed by atoms with van der Waals surface area (Å²) in [6, 6.07) is 15.6. The molecule has 0 saturated heterocycles. The SMILES string of the molecule is CCCN(CC(=O)Nc1ccccc1OC)Cn1c(=S)n(CC)c2ccccc21. The van der Waals surface area contributed by atoms with Gasteiger partial charge >= 0.3 is 0 Å². The van der Waals surface area contributed by atoms with Crippen molar-refractivity contribution in [2.24, 2.45) is 0 Å². The zero-order valence-corrected chi connectivity index (χ0v) is 18.0. The first kappa shape index (κ1) is 21.1. The lowest BCUT2D eigenvalue weighted by atomic mass is 10.3. The number of anilines is 1. The molecule has 6 nitrogen and oxygen atoms in total. The zero-order valence-electron chi connectivity index (χ0n) is 17.2. The fourth-order valence-electron chi connectivity index (χ4n) is 3.57. The Kier molecular flexibility index (Phi) is 7.06. The standard InChI is InChI=1S/C22H28N4O2S/c1-4-14-24(15-21(27)23-17-10-6-9-13-20(17)28-3)16-26-19-12-8-7-11-18(19)25(5-2)22(26)29/h6-13H,4-5,14-16H2,1-3H3,(H,23,27). The number of amides is 1. The fourth-order valence-corrected chi connectivity index (χ4v) is 3.95. The third-order valence-corrected chi connectivity index (χ3v) is 5.31. The molecule has 1 aromatic heterocycles. The number of aryl methyl sites for hydroxylation is 1. The highest BCUT2D eigenvalue weighted by molar-refractivity contribution is 7.71. The monoisotopic (exact) mass is 412 g/mol. The van der Waals surface area contributed by atoms with Crippen LogP contribution in [0.5, 0.6) is 5.75 Å². The average Bonchev–Trinajstić information content (AvgIpc) is 2.99. The summed E-state index contributed by atoms with van der Waals surface area (Å²) >= 11 is 5.73. The van der Waals surface area contributed by atoms with Gasteiger partial charge in [-0.25, -0.2) is 0 Å². The van der Waals surface area contributed by atoms with Gasteiger partial charge in [-0.3, -0.25) is 9.69 Å². The molecular weight excluding hydrogens is 384 g/mol. The highest BCUT2D eigenvalue weighted by atomic mass is 32.1. The molecule has 0 bridgehead atoms. The number of carbonyl (C=O) groups excluding carboxylic acids is 1. The molecule has 0 aliphatic rings. The Morgan fingerprint density at radius 2 is 1.72 bits per heavy atom. The van der Waals surface area contributed by atoms with E-state index in [0.717, 1.165) is 35.3 Å². The number of rotatable bonds is 9. The van der Waals surface area contributed by atoms with Gasteiger partial charge in [0.05, 0.1) is 37.0 Å². The summed E-state index contributed by atoms with van der Waals surface area (Å²) in [4.78, 5) is 14.8. The smallest absolute Gasteiger partial charge is 0.238 e. The highest BCUT2D eigenvalue weighted by Gasteiger charge is 2.16. The predicted octanol–water partition coefficient (Wildman–Crippen LogP) is 4.51. The number of methoxy groups -OCH3 is 1. The van der Waals surface area contributed by atoms with Crippen LogP contribution in [0.2, 0.25) is 0 Å². The van der Waals surface area contributed by atoms with Crippen LogP contribution in [-0.2, 0) is 18.0 Å². The zero-order chi connectivity index (χ0) is 20.8. The number of hydrogen-bond donors (Lipinski definition) is 1. The maximum atomic E-state index is 12.7. The van der Waals surface area contributed by atoms with E-state index >= 15 is 0 Å². The summed E-state index contributed by atoms with van der Waals surface area (Å²) in [6.45, 7) is 6.66. The van der Waals surface area contributed by atoms with Gasteiger partial charge in [-0.1, -0.05) is 31.2 Å². The average molecular weight is 413 g/mol. The Bertz CT molecular complexity index is 1040. The van der Waals surface area contributed by atoms with Crippen molar-refractivity contribution in [3.05, 3.63) is 53.3 Å². The number of carbonyl (C=O) groups is 1. The van der Waals surface area contributed by atoms with Gasteiger partial charge in [-0.05, 0) is 49.8 Å². The molecule has 1 amide bonds. The second-order valence-electron chi connectivity index (χ2n) is 6.89. The summed E-state index contributed by atoms with van der Waals surface area (Å²) < 4.78 is 10.3. The Morgan fingerprint density at radius 3 is 2.38 bits per heavy atom. The maximum absolute atomic E-state index is 12.7. The minimum Gasteiger partial charge on any atom is -0.495 e. The first-order valence-corrected chi connectivity index (χ1v) is 10.3. The van der Waals surface area contributed by atoms with Gasteiger partial charge in [0, 0.05) is 13.1 Å². The summed E-state index contributed by atoms with van der Waals surface area (Å²) in [5.41, 5.74) is 2.89. The molecule has 2 aromatic carbocycles. The topological polar surface area (TPSA) is 51.4 Å². The third kappa shape index (κ3) is 4.68. The molecule has 154 valence electrons. The van der Waals surface area contributed by atoms with Crippen LogP contribution in [0.3, 0.4) is 0 Å². The molecule has 3 aromatic rings. The first-order valence-electron chi connectivity index (χ1n) is 9.92. The second-order valence-corrected chi connectivity index (χ2v) is 7.25. The van der Waals surface area contributed by atoms with Gasteiger partial charge in [0.25, 0.3) is 0 Å². The van der Waals surface area contributed by atoms with Crippen LogP contribution in [0.15, 0.2) is 48.5 Å². The first-order chi connectivity index (χ1) is 14.1. The van der Waals surface area contributed by atoms with E-state index in [-0.39, 0.29) is 12.5 Å². The Morgan fingerprint density at radius 1 is 1.07 bits per heavy atom. The van der Waals surface area contributed by atoms with Crippen LogP contribution in [0, 0.1) is 4.77 Å². The molecular formula is C22H28N4O2S. The minimum absolute atomic E-state index is 0.0753. The van der Waals surface area contributed by atoms with Crippen molar-refractivity contribution in [3.63, 3.8) is 0 Å². The Balaban J connectivity index is 1.81. The maximum Gasteiger partial charge on any atom is 0.238 e. The van der Waals surface area contributed by atoms with Crippen LogP contribution in [0.1, 0.15) is 20.3 Å². The van der Waals surface area contributed by atoms with Crippen LogP contribution in [0.25, 0.3) is 11.0 Å². The summed E-state index contributed by atoms with van der Waals surface area (Å²) in [7, 11) is 1.60. The number of hydrogen-bond acceptors (Lipinski definition) is 4. The molecule has 0 radical (unpaired) electrons. The lowest BCUT2D eigenvalue weighted by Gasteiger charge is -2.22. The molecule has 1 heterocycles. The fraction of sp³-hybridized carbons (Fsp3) is 0.364. The van der Waals surface area contributed by atoms with E-state index in [9.17, 15) is 4.79 Å². The number of aromatic nitrogens is 2. The van der Waals surface area contributed by atoms with Crippen molar-refractivity contribution >= 4 is 34.8 Å². The number of imidazole rings is 1. The molecule has 0 aliphatic carbocycles. The van der Waals surface area contributed by atoms with Crippen LogP contribution >= 0.6 is 12.2 Å². The van der Waals surface area contributed by atoms with Gasteiger partial charge in [0.1, 0.15) is 5.75 Å². The lowest BCUT2D eigenvalue weighted by molar-refractivity contribution is -0.117. The molecule has 0 saturated carbocycles. The molecule has 0 spiro atoms. The molecule has 7 heteroatoms. The van der Waals surface area contributed by atoms with Crippen molar-refractivity contribution in [2.45, 2.75) is 33.5 Å². The van der Waals surface area contributed by atoms with Gasteiger partial charge < -0.3 is 19.2 Å². The Labute approximate surface area is 176 Å². The van der Waals surface area contributed by atoms with Gasteiger partial charge in [-0.2, -0.15) is 0 Å². The lowest BCUT2D eigenvalue weighted by Crippen LogP contribution is -2.35. The predicted molar refractivity (Wildman–Crippen MR) is 120 cm³/mol. The number of nitrogens with one attached hydrogen (secondary N) is 1. The van der Waals surface area contributed by atoms with E-state index < -0.39 is 0 Å². The molecule has 29 heavy (non-hydrogen) atoms. The van der Waals surface area contributed by atoms with E-state index in [0.29, 0.717) is 18.1 Å². The Hall–Kier alpha value is -2.64. The van der Waals surface area contributed by atoms with E-state index in [4.69, 9.17) is 17.0 Å². The van der Waals surface area contributed by atoms with E-state index in [1.807, 2.05) is 36.4 Å². The number of nitrogens with zero attached hydrogens (tertiary/aromatic N) is 3. The van der Waals surface area contributed by atoms with E-state index in [2.05, 4.69) is 45.3 Å². The second kappa shape index (κ2) is 9.71. The van der Waals surface area contributed by atoms with Gasteiger partial charge in [0.2, 0.25) is 5.91 Å². The summed E-state index contributed by atoms with van der Waals surface area (Å²) in [5, 5.41) is 2.96. The van der Waals surface area contributed by atoms with Crippen molar-refractivity contribution in [1.29, 1.82) is 0 Å². The molecule has 0 aliphatic heterocycles. The molecule has 0 unspecified atom stereocenters. The largest absolute Gasteiger partial charge is 0.495 e. The number of benzene rings is 2. The van der Waals surface area contributed by atoms with Crippen molar-refractivity contribution in [3.8, 4) is 5.75 Å². The summed E-state index contributed by atoms with van der Waals surface area (Å²) in [5.74, 6) is 0.574. The minimum atomic E-state index is -0.0753. The number of para-hydroxylation sites is 4. The van der Waals surface area contributed by atoms with Crippen LogP contribution < -0.4 is 10.1 Å². The molecule has 3 rings (SSSR count). The van der Waals surface area contributed by atoms with E-state index in [1.165, 1.54) is 0 Å². The van der Waals surface area contributed by atoms with Crippen molar-refractivity contribution < 1.29 is 9.53 Å². The van der Waals surface area contributed by atoms with Gasteiger partial charge in [-0.15, -0.1) is 0 Å². The van der Waals surface area contributed by atoms with Crippen molar-refractivity contribution in [2.75, 3.05) is 25.5 Å². The van der Waals surface area contributed by atoms with Crippen LogP contribution in [0.4, 0.5) is 5.69 Å². The van der Waals surface area contributed by atoms with Gasteiger partial charge in [0.15, 0.2) is 4.77 Å². The quantitative estimate of drug-likeness (QED) is 0.526. The number of fused-ring (bicyclic) bond motifs is 1. The normalized spacial score (nSPS) is 11.2. The summed E-state index contributed by atoms with van der Waals surface area (Å²) in [6.07, 6.45) is 0.946. The third-order valence-electron chi connectivity index (χ3n) is 4.87. The van der Waals surface area contributed by atoms with Crippen molar-refractivity contribution in [1.82, 2.24) is 14.0 Å². The molecule has 1 N–H and O–H groups in total. The number of ether oxygens (including phenoxy) is 1. The molecule has 0 fully saturated rings. The van der Waals surface area contributed by atoms with E-state index in [1.54, 1.807) is 7.11 Å². The molecule has 0 atom stereocenters. The van der Waals surface area contributed by atoms with Crippen LogP contribution in [-0.4, -0.2) is 40.1 Å².